The number of nitrogens with one attached hydrogen (secondary N) is 1. The molecule has 2 aromatic rings. The fourth-order valence-corrected chi connectivity index (χ4v) is 2.61. The number of ketones is 1. The second-order valence-corrected chi connectivity index (χ2v) is 5.62. The molecule has 0 bridgehead atoms. The molecule has 0 radical (unpaired) electrons. The van der Waals surface area contributed by atoms with E-state index in [1.807, 2.05) is 12.1 Å². The minimum absolute atomic E-state index is 0.0111. The molecular weight excluding hydrogens is 304 g/mol. The van der Waals surface area contributed by atoms with Crippen LogP contribution in [0.3, 0.4) is 0 Å². The highest BCUT2D eigenvalue weighted by molar-refractivity contribution is 5.99. The molecular formula is C19H16N2O3. The number of anilines is 1. The largest absolute Gasteiger partial charge is 0.485 e. The van der Waals surface area contributed by atoms with Crippen molar-refractivity contribution in [2.45, 2.75) is 19.3 Å². The highest BCUT2D eigenvalue weighted by atomic mass is 16.5. The summed E-state index contributed by atoms with van der Waals surface area (Å²) in [6, 6.07) is 13.9. The number of ether oxygens (including phenoxy) is 1. The molecule has 1 heterocycles. The Hall–Kier alpha value is -3.13. The molecule has 5 nitrogen and oxygen atoms in total. The number of carbonyl (C=O) groups excluding carboxylic acids is 2. The van der Waals surface area contributed by atoms with Crippen molar-refractivity contribution in [1.29, 1.82) is 5.26 Å². The molecule has 0 saturated heterocycles. The molecule has 2 aromatic carbocycles. The number of aryl methyl sites for hydroxylation is 1. The Morgan fingerprint density at radius 2 is 1.96 bits per heavy atom. The van der Waals surface area contributed by atoms with Gasteiger partial charge >= 0.3 is 0 Å². The van der Waals surface area contributed by atoms with Crippen LogP contribution in [0, 0.1) is 11.3 Å². The van der Waals surface area contributed by atoms with Crippen LogP contribution in [0.25, 0.3) is 0 Å². The molecule has 1 aliphatic heterocycles. The maximum atomic E-state index is 12.3. The lowest BCUT2D eigenvalue weighted by atomic mass is 10.0. The maximum Gasteiger partial charge on any atom is 0.224 e. The van der Waals surface area contributed by atoms with E-state index >= 15 is 0 Å². The number of nitrogens with zero attached hydrogens (tertiary/aromatic N) is 1. The van der Waals surface area contributed by atoms with Gasteiger partial charge in [0.25, 0.3) is 0 Å². The first-order valence-electron chi connectivity index (χ1n) is 7.74. The number of Topliss-reactive ketones (excluding diaryl/α,β-unsaturated/α-hetero) is 1. The van der Waals surface area contributed by atoms with Gasteiger partial charge in [0.1, 0.15) is 5.75 Å². The fraction of sp³-hybridized carbons (Fsp3) is 0.211. The van der Waals surface area contributed by atoms with Crippen molar-refractivity contribution in [3.8, 4) is 11.8 Å². The van der Waals surface area contributed by atoms with Gasteiger partial charge in [-0.15, -0.1) is 0 Å². The lowest BCUT2D eigenvalue weighted by Crippen LogP contribution is -2.13. The first-order valence-corrected chi connectivity index (χ1v) is 7.74. The molecule has 5 heteroatoms. The van der Waals surface area contributed by atoms with E-state index in [0.717, 1.165) is 24.1 Å². The normalized spacial score (nSPS) is 13.2. The van der Waals surface area contributed by atoms with Crippen molar-refractivity contribution < 1.29 is 14.3 Å². The molecule has 0 unspecified atom stereocenters. The van der Waals surface area contributed by atoms with E-state index < -0.39 is 0 Å². The highest BCUT2D eigenvalue weighted by Crippen LogP contribution is 2.23. The minimum atomic E-state index is -0.127. The Balaban J connectivity index is 1.67. The summed E-state index contributed by atoms with van der Waals surface area (Å²) in [4.78, 5) is 23.9. The third-order valence-electron chi connectivity index (χ3n) is 3.90. The monoisotopic (exact) mass is 320 g/mol. The molecule has 1 amide bonds. The lowest BCUT2D eigenvalue weighted by molar-refractivity contribution is -0.116. The topological polar surface area (TPSA) is 79.2 Å². The van der Waals surface area contributed by atoms with Gasteiger partial charge in [0, 0.05) is 17.7 Å². The molecule has 24 heavy (non-hydrogen) atoms. The zero-order chi connectivity index (χ0) is 16.9. The van der Waals surface area contributed by atoms with Gasteiger partial charge in [0.2, 0.25) is 5.91 Å². The summed E-state index contributed by atoms with van der Waals surface area (Å²) < 4.78 is 5.48. The molecule has 0 aromatic heterocycles. The van der Waals surface area contributed by atoms with Gasteiger partial charge in [-0.25, -0.2) is 0 Å². The van der Waals surface area contributed by atoms with Crippen molar-refractivity contribution >= 4 is 17.4 Å². The summed E-state index contributed by atoms with van der Waals surface area (Å²) in [5.41, 5.74) is 2.87. The first-order chi connectivity index (χ1) is 11.7. The predicted molar refractivity (Wildman–Crippen MR) is 89.0 cm³/mol. The number of fused-ring (bicyclic) bond motifs is 1. The Morgan fingerprint density at radius 3 is 2.71 bits per heavy atom. The minimum Gasteiger partial charge on any atom is -0.485 e. The van der Waals surface area contributed by atoms with Crippen molar-refractivity contribution in [3.05, 3.63) is 59.2 Å². The Labute approximate surface area is 139 Å². The van der Waals surface area contributed by atoms with E-state index in [9.17, 15) is 9.59 Å². The number of hydrogen-bond donors (Lipinski definition) is 1. The van der Waals surface area contributed by atoms with Crippen molar-refractivity contribution in [1.82, 2.24) is 0 Å². The quantitative estimate of drug-likeness (QED) is 0.878. The van der Waals surface area contributed by atoms with Gasteiger partial charge in [0.05, 0.1) is 11.6 Å². The van der Waals surface area contributed by atoms with Gasteiger partial charge < -0.3 is 10.1 Å². The molecule has 1 aliphatic rings. The summed E-state index contributed by atoms with van der Waals surface area (Å²) in [6.45, 7) is -0.0724. The van der Waals surface area contributed by atoms with Crippen LogP contribution < -0.4 is 10.1 Å². The number of benzene rings is 2. The van der Waals surface area contributed by atoms with Crippen molar-refractivity contribution in [2.75, 3.05) is 11.9 Å². The summed E-state index contributed by atoms with van der Waals surface area (Å²) in [5.74, 6) is 0.430. The molecule has 1 N–H and O–H groups in total. The van der Waals surface area contributed by atoms with Gasteiger partial charge in [-0.1, -0.05) is 0 Å². The van der Waals surface area contributed by atoms with Crippen LogP contribution in [-0.4, -0.2) is 18.3 Å². The van der Waals surface area contributed by atoms with E-state index in [1.165, 1.54) is 0 Å². The summed E-state index contributed by atoms with van der Waals surface area (Å²) in [5, 5.41) is 11.6. The highest BCUT2D eigenvalue weighted by Gasteiger charge is 2.15. The number of nitriles is 1. The lowest BCUT2D eigenvalue weighted by Gasteiger charge is -2.10. The second kappa shape index (κ2) is 6.97. The third kappa shape index (κ3) is 3.61. The van der Waals surface area contributed by atoms with Crippen LogP contribution in [0.15, 0.2) is 42.5 Å². The maximum absolute atomic E-state index is 12.3. The smallest absolute Gasteiger partial charge is 0.224 e. The Kier molecular flexibility index (Phi) is 4.57. The molecule has 3 rings (SSSR count). The number of carbonyl (C=O) groups is 2. The number of rotatable bonds is 4. The molecule has 0 atom stereocenters. The first kappa shape index (κ1) is 15.8. The standard InChI is InChI=1S/C19H16N2O3/c20-11-13-4-7-16(8-5-13)24-12-18(22)15-6-9-17-14(10-15)2-1-3-19(23)21-17/h4-10H,1-3,12H2,(H,21,23). The van der Waals surface area contributed by atoms with Gasteiger partial charge in [-0.05, 0) is 60.9 Å². The second-order valence-electron chi connectivity index (χ2n) is 5.62. The van der Waals surface area contributed by atoms with Crippen LogP contribution in [-0.2, 0) is 11.2 Å². The SMILES string of the molecule is N#Cc1ccc(OCC(=O)c2ccc3c(c2)CCCC(=O)N3)cc1. The molecule has 120 valence electrons. The van der Waals surface area contributed by atoms with Crippen LogP contribution in [0.2, 0.25) is 0 Å². The molecule has 0 aliphatic carbocycles. The summed E-state index contributed by atoms with van der Waals surface area (Å²) in [7, 11) is 0. The van der Waals surface area contributed by atoms with E-state index in [1.54, 1.807) is 36.4 Å². The summed E-state index contributed by atoms with van der Waals surface area (Å²) >= 11 is 0. The Bertz CT molecular complexity index is 819. The van der Waals surface area contributed by atoms with Crippen LogP contribution in [0.1, 0.15) is 34.3 Å². The Morgan fingerprint density at radius 1 is 1.17 bits per heavy atom. The molecule has 0 fully saturated rings. The zero-order valence-corrected chi connectivity index (χ0v) is 13.0. The van der Waals surface area contributed by atoms with E-state index in [-0.39, 0.29) is 18.3 Å². The van der Waals surface area contributed by atoms with E-state index in [4.69, 9.17) is 10.00 Å². The van der Waals surface area contributed by atoms with Gasteiger partial charge in [0.15, 0.2) is 12.4 Å². The van der Waals surface area contributed by atoms with Gasteiger partial charge in [-0.3, -0.25) is 9.59 Å². The van der Waals surface area contributed by atoms with Crippen molar-refractivity contribution in [3.63, 3.8) is 0 Å². The number of amides is 1. The predicted octanol–water partition coefficient (Wildman–Crippen LogP) is 3.09. The third-order valence-corrected chi connectivity index (χ3v) is 3.90. The van der Waals surface area contributed by atoms with Crippen molar-refractivity contribution in [2.24, 2.45) is 0 Å². The summed E-state index contributed by atoms with van der Waals surface area (Å²) in [6.07, 6.45) is 2.05. The average molecular weight is 320 g/mol. The average Bonchev–Trinajstić information content (AvgIpc) is 2.80. The van der Waals surface area contributed by atoms with Gasteiger partial charge in [-0.2, -0.15) is 5.26 Å². The molecule has 0 saturated carbocycles. The van der Waals surface area contributed by atoms with Crippen LogP contribution in [0.4, 0.5) is 5.69 Å². The zero-order valence-electron chi connectivity index (χ0n) is 13.0. The van der Waals surface area contributed by atoms with Crippen LogP contribution >= 0.6 is 0 Å². The fourth-order valence-electron chi connectivity index (χ4n) is 2.61. The molecule has 0 spiro atoms. The van der Waals surface area contributed by atoms with Crippen LogP contribution in [0.5, 0.6) is 5.75 Å². The van der Waals surface area contributed by atoms with E-state index in [0.29, 0.717) is 23.3 Å². The van der Waals surface area contributed by atoms with E-state index in [2.05, 4.69) is 5.32 Å². The number of hydrogen-bond acceptors (Lipinski definition) is 4.